The maximum absolute atomic E-state index is 12.8. The molecule has 3 aromatic rings. The number of aryl methyl sites for hydroxylation is 2. The molecule has 5 nitrogen and oxygen atoms in total. The van der Waals surface area contributed by atoms with Gasteiger partial charge in [0.2, 0.25) is 0 Å². The van der Waals surface area contributed by atoms with Crippen molar-refractivity contribution in [2.24, 2.45) is 0 Å². The van der Waals surface area contributed by atoms with Gasteiger partial charge >= 0.3 is 0 Å². The second-order valence-corrected chi connectivity index (χ2v) is 7.62. The Bertz CT molecular complexity index is 1000. The number of likely N-dealkylation sites (tertiary alicyclic amines) is 1. The Morgan fingerprint density at radius 3 is 2.50 bits per heavy atom. The molecule has 2 heterocycles. The number of fused-ring (bicyclic) bond motifs is 1. The molecular formula is C23H27N3O2. The van der Waals surface area contributed by atoms with Crippen LogP contribution in [0.2, 0.25) is 0 Å². The van der Waals surface area contributed by atoms with E-state index in [0.29, 0.717) is 12.0 Å². The van der Waals surface area contributed by atoms with Crippen LogP contribution >= 0.6 is 0 Å². The first-order valence-corrected chi connectivity index (χ1v) is 10.0. The van der Waals surface area contributed by atoms with Crippen molar-refractivity contribution >= 4 is 10.9 Å². The highest BCUT2D eigenvalue weighted by Crippen LogP contribution is 2.24. The van der Waals surface area contributed by atoms with E-state index < -0.39 is 0 Å². The number of aromatic nitrogens is 2. The summed E-state index contributed by atoms with van der Waals surface area (Å²) in [6.07, 6.45) is 3.64. The number of hydrogen-bond acceptors (Lipinski definition) is 4. The summed E-state index contributed by atoms with van der Waals surface area (Å²) in [6, 6.07) is 14.0. The van der Waals surface area contributed by atoms with Gasteiger partial charge in [0.15, 0.2) is 0 Å². The Balaban J connectivity index is 1.34. The van der Waals surface area contributed by atoms with Crippen molar-refractivity contribution in [3.63, 3.8) is 0 Å². The Morgan fingerprint density at radius 1 is 1.04 bits per heavy atom. The van der Waals surface area contributed by atoms with E-state index in [1.165, 1.54) is 11.1 Å². The molecule has 0 saturated carbocycles. The molecule has 28 heavy (non-hydrogen) atoms. The first-order chi connectivity index (χ1) is 13.6. The van der Waals surface area contributed by atoms with Crippen molar-refractivity contribution in [2.75, 3.05) is 26.2 Å². The van der Waals surface area contributed by atoms with Gasteiger partial charge in [-0.25, -0.2) is 4.98 Å². The van der Waals surface area contributed by atoms with E-state index in [9.17, 15) is 4.79 Å². The molecule has 0 unspecified atom stereocenters. The number of para-hydroxylation sites is 2. The molecule has 1 aliphatic heterocycles. The molecule has 1 fully saturated rings. The van der Waals surface area contributed by atoms with Crippen LogP contribution in [0.25, 0.3) is 10.9 Å². The molecule has 0 N–H and O–H groups in total. The fourth-order valence-corrected chi connectivity index (χ4v) is 4.07. The molecule has 0 spiro atoms. The summed E-state index contributed by atoms with van der Waals surface area (Å²) in [5.74, 6) is 1.01. The van der Waals surface area contributed by atoms with Gasteiger partial charge in [0.05, 0.1) is 17.2 Å². The Labute approximate surface area is 165 Å². The fraction of sp³-hybridized carbons (Fsp3) is 0.391. The van der Waals surface area contributed by atoms with Gasteiger partial charge in [0.1, 0.15) is 12.4 Å². The van der Waals surface area contributed by atoms with Gasteiger partial charge in [-0.15, -0.1) is 0 Å². The maximum atomic E-state index is 12.8. The molecule has 0 atom stereocenters. The van der Waals surface area contributed by atoms with E-state index in [-0.39, 0.29) is 11.6 Å². The van der Waals surface area contributed by atoms with Crippen molar-refractivity contribution in [1.29, 1.82) is 0 Å². The number of ether oxygens (including phenoxy) is 1. The van der Waals surface area contributed by atoms with Crippen LogP contribution in [-0.4, -0.2) is 40.7 Å². The lowest BCUT2D eigenvalue weighted by Gasteiger charge is -2.32. The maximum Gasteiger partial charge on any atom is 0.261 e. The van der Waals surface area contributed by atoms with Gasteiger partial charge < -0.3 is 4.74 Å². The number of rotatable bonds is 5. The summed E-state index contributed by atoms with van der Waals surface area (Å²) in [4.78, 5) is 19.7. The normalized spacial score (nSPS) is 15.8. The van der Waals surface area contributed by atoms with E-state index in [1.54, 1.807) is 6.33 Å². The third-order valence-electron chi connectivity index (χ3n) is 5.70. The van der Waals surface area contributed by atoms with Gasteiger partial charge in [0.25, 0.3) is 5.56 Å². The predicted molar refractivity (Wildman–Crippen MR) is 112 cm³/mol. The van der Waals surface area contributed by atoms with Crippen molar-refractivity contribution in [1.82, 2.24) is 14.5 Å². The van der Waals surface area contributed by atoms with Crippen LogP contribution in [0.5, 0.6) is 5.75 Å². The van der Waals surface area contributed by atoms with Gasteiger partial charge in [-0.2, -0.15) is 0 Å². The molecule has 4 rings (SSSR count). The minimum Gasteiger partial charge on any atom is -0.492 e. The lowest BCUT2D eigenvalue weighted by Crippen LogP contribution is -2.39. The van der Waals surface area contributed by atoms with Crippen LogP contribution in [0.15, 0.2) is 53.6 Å². The van der Waals surface area contributed by atoms with Gasteiger partial charge in [-0.05, 0) is 49.9 Å². The van der Waals surface area contributed by atoms with Crippen LogP contribution in [0, 0.1) is 13.8 Å². The summed E-state index contributed by atoms with van der Waals surface area (Å²) in [5, 5.41) is 0.703. The zero-order chi connectivity index (χ0) is 19.5. The minimum absolute atomic E-state index is 0.0717. The second-order valence-electron chi connectivity index (χ2n) is 7.62. The van der Waals surface area contributed by atoms with E-state index in [2.05, 4.69) is 41.9 Å². The molecule has 0 aliphatic carbocycles. The van der Waals surface area contributed by atoms with Crippen molar-refractivity contribution < 1.29 is 4.74 Å². The topological polar surface area (TPSA) is 47.4 Å². The third kappa shape index (κ3) is 3.80. The number of benzene rings is 2. The molecule has 1 aliphatic rings. The minimum atomic E-state index is 0.0717. The molecule has 2 aromatic carbocycles. The smallest absolute Gasteiger partial charge is 0.261 e. The molecular weight excluding hydrogens is 350 g/mol. The molecule has 0 bridgehead atoms. The monoisotopic (exact) mass is 377 g/mol. The van der Waals surface area contributed by atoms with Crippen LogP contribution in [0.4, 0.5) is 0 Å². The highest BCUT2D eigenvalue weighted by atomic mass is 16.5. The Hall–Kier alpha value is -2.66. The van der Waals surface area contributed by atoms with Crippen molar-refractivity contribution in [3.05, 3.63) is 70.3 Å². The average molecular weight is 377 g/mol. The summed E-state index contributed by atoms with van der Waals surface area (Å²) < 4.78 is 7.87. The van der Waals surface area contributed by atoms with E-state index in [0.717, 1.165) is 43.7 Å². The molecule has 1 saturated heterocycles. The van der Waals surface area contributed by atoms with E-state index >= 15 is 0 Å². The SMILES string of the molecule is Cc1cccc(C)c1OCCN1CCC(n2cnc3ccccc3c2=O)CC1. The molecule has 0 radical (unpaired) electrons. The second kappa shape index (κ2) is 8.15. The van der Waals surface area contributed by atoms with Crippen LogP contribution in [-0.2, 0) is 0 Å². The molecule has 146 valence electrons. The fourth-order valence-electron chi connectivity index (χ4n) is 4.07. The summed E-state index contributed by atoms with van der Waals surface area (Å²) in [5.41, 5.74) is 3.20. The third-order valence-corrected chi connectivity index (χ3v) is 5.70. The van der Waals surface area contributed by atoms with Crippen LogP contribution in [0.3, 0.4) is 0 Å². The highest BCUT2D eigenvalue weighted by Gasteiger charge is 2.22. The number of hydrogen-bond donors (Lipinski definition) is 0. The molecule has 0 amide bonds. The zero-order valence-electron chi connectivity index (χ0n) is 16.6. The average Bonchev–Trinajstić information content (AvgIpc) is 2.71. The summed E-state index contributed by atoms with van der Waals surface area (Å²) >= 11 is 0. The Morgan fingerprint density at radius 2 is 1.75 bits per heavy atom. The first-order valence-electron chi connectivity index (χ1n) is 10.0. The number of piperidine rings is 1. The summed E-state index contributed by atoms with van der Waals surface area (Å²) in [7, 11) is 0. The lowest BCUT2D eigenvalue weighted by molar-refractivity contribution is 0.155. The van der Waals surface area contributed by atoms with Crippen molar-refractivity contribution in [3.8, 4) is 5.75 Å². The van der Waals surface area contributed by atoms with Gasteiger partial charge in [0, 0.05) is 25.7 Å². The van der Waals surface area contributed by atoms with Gasteiger partial charge in [-0.1, -0.05) is 30.3 Å². The van der Waals surface area contributed by atoms with E-state index in [4.69, 9.17) is 4.74 Å². The zero-order valence-corrected chi connectivity index (χ0v) is 16.6. The largest absolute Gasteiger partial charge is 0.492 e. The molecule has 5 heteroatoms. The van der Waals surface area contributed by atoms with E-state index in [1.807, 2.05) is 28.8 Å². The Kier molecular flexibility index (Phi) is 5.44. The van der Waals surface area contributed by atoms with Crippen LogP contribution < -0.4 is 10.3 Å². The molecule has 1 aromatic heterocycles. The van der Waals surface area contributed by atoms with Gasteiger partial charge in [-0.3, -0.25) is 14.3 Å². The van der Waals surface area contributed by atoms with Crippen molar-refractivity contribution in [2.45, 2.75) is 32.7 Å². The number of nitrogens with zero attached hydrogens (tertiary/aromatic N) is 3. The summed E-state index contributed by atoms with van der Waals surface area (Å²) in [6.45, 7) is 7.71. The predicted octanol–water partition coefficient (Wildman–Crippen LogP) is 3.73. The first kappa shape index (κ1) is 18.7. The highest BCUT2D eigenvalue weighted by molar-refractivity contribution is 5.76. The quantitative estimate of drug-likeness (QED) is 0.680. The standard InChI is InChI=1S/C23H27N3O2/c1-17-6-5-7-18(2)22(17)28-15-14-25-12-10-19(11-13-25)26-16-24-21-9-4-3-8-20(21)23(26)27/h3-9,16,19H,10-15H2,1-2H3. The lowest BCUT2D eigenvalue weighted by atomic mass is 10.0. The van der Waals surface area contributed by atoms with Crippen LogP contribution in [0.1, 0.15) is 30.0 Å².